The number of benzene rings is 2. The molecule has 3 rings (SSSR count). The summed E-state index contributed by atoms with van der Waals surface area (Å²) in [7, 11) is 0. The van der Waals surface area contributed by atoms with Gasteiger partial charge in [-0.3, -0.25) is 9.59 Å². The fourth-order valence-electron chi connectivity index (χ4n) is 2.66. The number of carbonyl (C=O) groups excluding carboxylic acids is 2. The predicted octanol–water partition coefficient (Wildman–Crippen LogP) is 2.53. The summed E-state index contributed by atoms with van der Waals surface area (Å²) in [5, 5.41) is 12.6. The molecule has 24 heavy (non-hydrogen) atoms. The summed E-state index contributed by atoms with van der Waals surface area (Å²) < 4.78 is 5.37. The average molecular weight is 326 g/mol. The van der Waals surface area contributed by atoms with Gasteiger partial charge in [0.25, 0.3) is 5.91 Å². The highest BCUT2D eigenvalue weighted by Crippen LogP contribution is 2.27. The van der Waals surface area contributed by atoms with E-state index in [0.29, 0.717) is 12.3 Å². The van der Waals surface area contributed by atoms with Crippen molar-refractivity contribution in [1.82, 2.24) is 0 Å². The molecule has 6 nitrogen and oxygen atoms in total. The molecule has 1 heterocycles. The molecule has 124 valence electrons. The number of aromatic hydroxyl groups is 1. The van der Waals surface area contributed by atoms with Crippen LogP contribution >= 0.6 is 0 Å². The Labute approximate surface area is 139 Å². The molecule has 6 heteroatoms. The molecule has 1 saturated heterocycles. The number of nitrogens with zero attached hydrogens (tertiary/aromatic N) is 1. The third kappa shape index (κ3) is 3.17. The quantitative estimate of drug-likeness (QED) is 0.826. The monoisotopic (exact) mass is 326 g/mol. The van der Waals surface area contributed by atoms with E-state index in [2.05, 4.69) is 5.32 Å². The van der Waals surface area contributed by atoms with E-state index in [1.807, 2.05) is 6.92 Å². The third-order valence-electron chi connectivity index (χ3n) is 3.74. The van der Waals surface area contributed by atoms with Crippen LogP contribution in [0.5, 0.6) is 11.5 Å². The Balaban J connectivity index is 1.74. The molecule has 0 bridgehead atoms. The highest BCUT2D eigenvalue weighted by molar-refractivity contribution is 6.23. The standard InChI is InChI=1S/C18H18N2O4/c1-2-24-15-8-6-12(7-9-15)19-16-11-17(22)20(18(16)23)13-4-3-5-14(21)10-13/h3-10,16,19,21H,2,11H2,1H3. The van der Waals surface area contributed by atoms with Crippen molar-refractivity contribution in [1.29, 1.82) is 0 Å². The zero-order chi connectivity index (χ0) is 17.1. The van der Waals surface area contributed by atoms with E-state index in [4.69, 9.17) is 4.74 Å². The van der Waals surface area contributed by atoms with Crippen LogP contribution in [-0.2, 0) is 9.59 Å². The lowest BCUT2D eigenvalue weighted by molar-refractivity contribution is -0.121. The SMILES string of the molecule is CCOc1ccc(NC2CC(=O)N(c3cccc(O)c3)C2=O)cc1. The van der Waals surface area contributed by atoms with Crippen molar-refractivity contribution in [2.24, 2.45) is 0 Å². The van der Waals surface area contributed by atoms with Crippen LogP contribution in [0.3, 0.4) is 0 Å². The van der Waals surface area contributed by atoms with Crippen LogP contribution < -0.4 is 15.0 Å². The Morgan fingerprint density at radius 2 is 1.96 bits per heavy atom. The summed E-state index contributed by atoms with van der Waals surface area (Å²) in [5.41, 5.74) is 1.11. The normalized spacial score (nSPS) is 17.2. The zero-order valence-electron chi connectivity index (χ0n) is 13.2. The van der Waals surface area contributed by atoms with E-state index in [0.717, 1.165) is 16.3 Å². The van der Waals surface area contributed by atoms with Crippen molar-refractivity contribution in [3.63, 3.8) is 0 Å². The van der Waals surface area contributed by atoms with Crippen molar-refractivity contribution < 1.29 is 19.4 Å². The molecule has 0 radical (unpaired) electrons. The molecule has 0 aromatic heterocycles. The van der Waals surface area contributed by atoms with Crippen LogP contribution in [0.15, 0.2) is 48.5 Å². The molecular formula is C18H18N2O4. The highest BCUT2D eigenvalue weighted by atomic mass is 16.5. The lowest BCUT2D eigenvalue weighted by Gasteiger charge is -2.16. The Morgan fingerprint density at radius 1 is 1.21 bits per heavy atom. The predicted molar refractivity (Wildman–Crippen MR) is 90.2 cm³/mol. The third-order valence-corrected chi connectivity index (χ3v) is 3.74. The molecule has 1 aliphatic heterocycles. The van der Waals surface area contributed by atoms with Crippen LogP contribution in [0.1, 0.15) is 13.3 Å². The van der Waals surface area contributed by atoms with E-state index >= 15 is 0 Å². The Morgan fingerprint density at radius 3 is 2.62 bits per heavy atom. The Kier molecular flexibility index (Phi) is 4.37. The number of anilines is 2. The van der Waals surface area contributed by atoms with Crippen molar-refractivity contribution in [2.45, 2.75) is 19.4 Å². The summed E-state index contributed by atoms with van der Waals surface area (Å²) >= 11 is 0. The smallest absolute Gasteiger partial charge is 0.256 e. The van der Waals surface area contributed by atoms with Gasteiger partial charge in [0.05, 0.1) is 18.7 Å². The number of hydrogen-bond acceptors (Lipinski definition) is 5. The van der Waals surface area contributed by atoms with Crippen LogP contribution in [0.2, 0.25) is 0 Å². The largest absolute Gasteiger partial charge is 0.508 e. The van der Waals surface area contributed by atoms with Gasteiger partial charge in [0, 0.05) is 11.8 Å². The number of carbonyl (C=O) groups is 2. The number of rotatable bonds is 5. The van der Waals surface area contributed by atoms with E-state index in [9.17, 15) is 14.7 Å². The molecule has 2 aromatic rings. The number of phenols is 1. The maximum Gasteiger partial charge on any atom is 0.256 e. The topological polar surface area (TPSA) is 78.9 Å². The first-order valence-electron chi connectivity index (χ1n) is 7.73. The van der Waals surface area contributed by atoms with Gasteiger partial charge in [-0.1, -0.05) is 6.07 Å². The number of imide groups is 1. The second kappa shape index (κ2) is 6.62. The van der Waals surface area contributed by atoms with Crippen molar-refractivity contribution in [2.75, 3.05) is 16.8 Å². The lowest BCUT2D eigenvalue weighted by atomic mass is 10.2. The highest BCUT2D eigenvalue weighted by Gasteiger charge is 2.39. The van der Waals surface area contributed by atoms with Crippen LogP contribution in [-0.4, -0.2) is 29.6 Å². The second-order valence-electron chi connectivity index (χ2n) is 5.45. The lowest BCUT2D eigenvalue weighted by Crippen LogP contribution is -2.34. The molecule has 2 aromatic carbocycles. The van der Waals surface area contributed by atoms with Gasteiger partial charge < -0.3 is 15.2 Å². The van der Waals surface area contributed by atoms with E-state index in [1.165, 1.54) is 12.1 Å². The first-order valence-corrected chi connectivity index (χ1v) is 7.73. The average Bonchev–Trinajstić information content (AvgIpc) is 2.83. The molecule has 1 unspecified atom stereocenters. The van der Waals surface area contributed by atoms with E-state index in [1.54, 1.807) is 36.4 Å². The maximum atomic E-state index is 12.5. The first kappa shape index (κ1) is 15.9. The van der Waals surface area contributed by atoms with Crippen molar-refractivity contribution in [3.8, 4) is 11.5 Å². The van der Waals surface area contributed by atoms with Gasteiger partial charge in [-0.25, -0.2) is 4.90 Å². The fraction of sp³-hybridized carbons (Fsp3) is 0.222. The summed E-state index contributed by atoms with van der Waals surface area (Å²) in [5.74, 6) is 0.128. The summed E-state index contributed by atoms with van der Waals surface area (Å²) in [6.45, 7) is 2.49. The van der Waals surface area contributed by atoms with Gasteiger partial charge in [0.15, 0.2) is 0 Å². The van der Waals surface area contributed by atoms with Gasteiger partial charge in [0.2, 0.25) is 5.91 Å². The number of amides is 2. The first-order chi connectivity index (χ1) is 11.6. The molecule has 2 N–H and O–H groups in total. The molecule has 0 saturated carbocycles. The summed E-state index contributed by atoms with van der Waals surface area (Å²) in [6.07, 6.45) is 0.0711. The number of nitrogens with one attached hydrogen (secondary N) is 1. The minimum atomic E-state index is -0.627. The van der Waals surface area contributed by atoms with Crippen molar-refractivity contribution >= 4 is 23.2 Å². The molecule has 1 atom stereocenters. The van der Waals surface area contributed by atoms with Crippen LogP contribution in [0, 0.1) is 0 Å². The van der Waals surface area contributed by atoms with Gasteiger partial charge in [-0.2, -0.15) is 0 Å². The van der Waals surface area contributed by atoms with E-state index < -0.39 is 6.04 Å². The molecule has 1 fully saturated rings. The van der Waals surface area contributed by atoms with Crippen LogP contribution in [0.25, 0.3) is 0 Å². The van der Waals surface area contributed by atoms with Gasteiger partial charge in [0.1, 0.15) is 17.5 Å². The molecule has 2 amide bonds. The van der Waals surface area contributed by atoms with Gasteiger partial charge >= 0.3 is 0 Å². The second-order valence-corrected chi connectivity index (χ2v) is 5.45. The van der Waals surface area contributed by atoms with Gasteiger partial charge in [-0.15, -0.1) is 0 Å². The van der Waals surface area contributed by atoms with Crippen LogP contribution in [0.4, 0.5) is 11.4 Å². The molecular weight excluding hydrogens is 308 g/mol. The zero-order valence-corrected chi connectivity index (χ0v) is 13.2. The minimum absolute atomic E-state index is 0.0102. The number of phenolic OH excluding ortho intramolecular Hbond substituents is 1. The Bertz CT molecular complexity index is 758. The maximum absolute atomic E-state index is 12.5. The van der Waals surface area contributed by atoms with Crippen molar-refractivity contribution in [3.05, 3.63) is 48.5 Å². The number of hydrogen-bond donors (Lipinski definition) is 2. The molecule has 0 spiro atoms. The fourth-order valence-corrected chi connectivity index (χ4v) is 2.66. The molecule has 0 aliphatic carbocycles. The Hall–Kier alpha value is -3.02. The molecule has 1 aliphatic rings. The summed E-state index contributed by atoms with van der Waals surface area (Å²) in [4.78, 5) is 25.8. The number of ether oxygens (including phenoxy) is 1. The van der Waals surface area contributed by atoms with Gasteiger partial charge in [-0.05, 0) is 43.3 Å². The summed E-state index contributed by atoms with van der Waals surface area (Å²) in [6, 6.07) is 12.7. The minimum Gasteiger partial charge on any atom is -0.508 e. The van der Waals surface area contributed by atoms with E-state index in [-0.39, 0.29) is 24.0 Å².